The van der Waals surface area contributed by atoms with Gasteiger partial charge in [0.05, 0.1) is 5.52 Å². The third-order valence-corrected chi connectivity index (χ3v) is 5.22. The van der Waals surface area contributed by atoms with Gasteiger partial charge in [-0.1, -0.05) is 12.1 Å². The zero-order valence-electron chi connectivity index (χ0n) is 16.6. The first-order valence-electron chi connectivity index (χ1n) is 9.16. The first-order valence-corrected chi connectivity index (χ1v) is 9.16. The van der Waals surface area contributed by atoms with E-state index in [-0.39, 0.29) is 51.4 Å². The molecule has 28 heavy (non-hydrogen) atoms. The molecule has 0 unspecified atom stereocenters. The van der Waals surface area contributed by atoms with E-state index >= 15 is 0 Å². The van der Waals surface area contributed by atoms with Crippen LogP contribution in [0.5, 0.6) is 5.88 Å². The van der Waals surface area contributed by atoms with Gasteiger partial charge < -0.3 is 14.4 Å². The van der Waals surface area contributed by atoms with E-state index in [1.807, 2.05) is 24.7 Å². The molecule has 5 nitrogen and oxygen atoms in total. The largest absolute Gasteiger partial charge is 1.00 e. The zero-order valence-corrected chi connectivity index (χ0v) is 19.7. The molecule has 0 amide bonds. The number of benzene rings is 1. The average molecular weight is 400 g/mol. The maximum atomic E-state index is 8.25. The molecule has 0 N–H and O–H groups in total. The molecule has 0 bridgehead atoms. The normalized spacial score (nSPS) is 13.4. The number of hydrogen-bond donors (Lipinski definition) is 0. The van der Waals surface area contributed by atoms with Crippen LogP contribution in [-0.2, 0) is 7.05 Å². The van der Waals surface area contributed by atoms with E-state index in [0.29, 0.717) is 6.10 Å². The van der Waals surface area contributed by atoms with Crippen molar-refractivity contribution >= 4 is 21.8 Å². The molecule has 1 aliphatic rings. The minimum atomic E-state index is 0. The molecular formula is C22H22KN3O2. The molecule has 1 fully saturated rings. The van der Waals surface area contributed by atoms with Crippen molar-refractivity contribution in [2.45, 2.75) is 25.4 Å². The maximum Gasteiger partial charge on any atom is 1.00 e. The van der Waals surface area contributed by atoms with Crippen LogP contribution in [-0.4, -0.2) is 27.7 Å². The Bertz CT molecular complexity index is 1070. The van der Waals surface area contributed by atoms with Gasteiger partial charge in [-0.15, -0.1) is 0 Å². The monoisotopic (exact) mass is 399 g/mol. The molecule has 4 aromatic rings. The number of aryl methyl sites for hydroxylation is 1. The Labute approximate surface area is 207 Å². The summed E-state index contributed by atoms with van der Waals surface area (Å²) in [5.74, 6) is 0.727. The molecule has 1 aromatic carbocycles. The van der Waals surface area contributed by atoms with E-state index in [4.69, 9.17) is 9.84 Å². The predicted octanol–water partition coefficient (Wildman–Crippen LogP) is 0.700. The summed E-state index contributed by atoms with van der Waals surface area (Å²) in [7, 11) is 2.85. The van der Waals surface area contributed by atoms with Gasteiger partial charge >= 0.3 is 51.4 Å². The number of pyridine rings is 2. The second-order valence-electron chi connectivity index (χ2n) is 6.74. The number of rotatable bonds is 3. The Hall–Kier alpha value is -1.28. The number of hydrogen-bond acceptors (Lipinski definition) is 4. The quantitative estimate of drug-likeness (QED) is 0.476. The summed E-state index contributed by atoms with van der Waals surface area (Å²) in [5, 5.41) is 10.7. The topological polar surface area (TPSA) is 63.0 Å². The molecule has 1 aliphatic carbocycles. The first-order chi connectivity index (χ1) is 13.3. The summed E-state index contributed by atoms with van der Waals surface area (Å²) >= 11 is 0. The summed E-state index contributed by atoms with van der Waals surface area (Å²) in [6, 6.07) is 12.7. The van der Waals surface area contributed by atoms with Gasteiger partial charge in [-0.25, -0.2) is 4.98 Å². The average Bonchev–Trinajstić information content (AvgIpc) is 2.99. The van der Waals surface area contributed by atoms with Gasteiger partial charge in [-0.2, -0.15) is 7.11 Å². The van der Waals surface area contributed by atoms with Gasteiger partial charge in [0.25, 0.3) is 0 Å². The third kappa shape index (κ3) is 4.03. The maximum absolute atomic E-state index is 8.25. The molecule has 138 valence electrons. The molecule has 5 rings (SSSR count). The Kier molecular flexibility index (Phi) is 7.25. The predicted molar refractivity (Wildman–Crippen MR) is 106 cm³/mol. The van der Waals surface area contributed by atoms with Crippen LogP contribution in [0, 0.1) is 0 Å². The molecule has 6 heteroatoms. The SMILES string of the molecule is C[O-].Cn1c2ccncc2c2ccc(-c3ccc(OC4CCC4)nc3)cc21.[K+]. The van der Waals surface area contributed by atoms with Crippen LogP contribution < -0.4 is 61.2 Å². The van der Waals surface area contributed by atoms with Crippen LogP contribution in [0.15, 0.2) is 55.0 Å². The van der Waals surface area contributed by atoms with Crippen molar-refractivity contribution in [3.05, 3.63) is 55.0 Å². The fourth-order valence-electron chi connectivity index (χ4n) is 3.51. The molecule has 0 aliphatic heterocycles. The van der Waals surface area contributed by atoms with Gasteiger partial charge in [-0.05, 0) is 43.0 Å². The van der Waals surface area contributed by atoms with Gasteiger partial charge in [0, 0.05) is 53.6 Å². The van der Waals surface area contributed by atoms with Crippen LogP contribution in [0.4, 0.5) is 0 Å². The van der Waals surface area contributed by atoms with Crippen LogP contribution in [0.2, 0.25) is 0 Å². The zero-order chi connectivity index (χ0) is 18.8. The van der Waals surface area contributed by atoms with Crippen LogP contribution >= 0.6 is 0 Å². The fraction of sp³-hybridized carbons (Fsp3) is 0.273. The second kappa shape index (κ2) is 9.48. The molecule has 3 heterocycles. The van der Waals surface area contributed by atoms with Crippen LogP contribution in [0.25, 0.3) is 32.9 Å². The molecule has 1 saturated carbocycles. The summed E-state index contributed by atoms with van der Waals surface area (Å²) < 4.78 is 8.07. The number of fused-ring (bicyclic) bond motifs is 3. The van der Waals surface area contributed by atoms with Crippen molar-refractivity contribution in [1.29, 1.82) is 0 Å². The number of aromatic nitrogens is 3. The van der Waals surface area contributed by atoms with Gasteiger partial charge in [0.15, 0.2) is 0 Å². The van der Waals surface area contributed by atoms with Crippen molar-refractivity contribution in [1.82, 2.24) is 14.5 Å². The molecule has 0 atom stereocenters. The standard InChI is InChI=1S/C21H19N3O.CH3O.K/c1-24-19-9-10-22-13-18(19)17-7-5-14(11-20(17)24)15-6-8-21(23-12-15)25-16-3-2-4-16;1-2;/h5-13,16H,2-4H2,1H3;1H3;/q;-1;+1. The van der Waals surface area contributed by atoms with E-state index in [1.54, 1.807) is 0 Å². The Morgan fingerprint density at radius 3 is 2.43 bits per heavy atom. The summed E-state index contributed by atoms with van der Waals surface area (Å²) in [6.45, 7) is 0. The van der Waals surface area contributed by atoms with Gasteiger partial charge in [0.1, 0.15) is 6.10 Å². The number of ether oxygens (including phenoxy) is 1. The van der Waals surface area contributed by atoms with E-state index in [2.05, 4.69) is 51.9 Å². The second-order valence-corrected chi connectivity index (χ2v) is 6.74. The minimum Gasteiger partial charge on any atom is -0.857 e. The summed E-state index contributed by atoms with van der Waals surface area (Å²) in [4.78, 5) is 8.75. The Morgan fingerprint density at radius 2 is 1.75 bits per heavy atom. The minimum absolute atomic E-state index is 0. The molecule has 0 saturated heterocycles. The number of nitrogens with zero attached hydrogens (tertiary/aromatic N) is 3. The molecular weight excluding hydrogens is 377 g/mol. The van der Waals surface area contributed by atoms with Crippen molar-refractivity contribution in [3.63, 3.8) is 0 Å². The van der Waals surface area contributed by atoms with Gasteiger partial charge in [-0.3, -0.25) is 4.98 Å². The summed E-state index contributed by atoms with van der Waals surface area (Å²) in [6.07, 6.45) is 9.60. The van der Waals surface area contributed by atoms with E-state index < -0.39 is 0 Å². The molecule has 3 aromatic heterocycles. The molecule has 0 radical (unpaired) electrons. The van der Waals surface area contributed by atoms with Crippen molar-refractivity contribution in [2.24, 2.45) is 7.05 Å². The van der Waals surface area contributed by atoms with E-state index in [9.17, 15) is 0 Å². The van der Waals surface area contributed by atoms with Crippen molar-refractivity contribution < 1.29 is 61.2 Å². The Balaban J connectivity index is 0.000000728. The van der Waals surface area contributed by atoms with Gasteiger partial charge in [0.2, 0.25) is 5.88 Å². The first kappa shape index (κ1) is 21.4. The van der Waals surface area contributed by atoms with Crippen LogP contribution in [0.1, 0.15) is 19.3 Å². The Morgan fingerprint density at radius 1 is 0.964 bits per heavy atom. The fourth-order valence-corrected chi connectivity index (χ4v) is 3.51. The van der Waals surface area contributed by atoms with Crippen LogP contribution in [0.3, 0.4) is 0 Å². The van der Waals surface area contributed by atoms with E-state index in [0.717, 1.165) is 37.0 Å². The smallest absolute Gasteiger partial charge is 0.857 e. The van der Waals surface area contributed by atoms with Crippen molar-refractivity contribution in [3.8, 4) is 17.0 Å². The van der Waals surface area contributed by atoms with E-state index in [1.165, 1.54) is 28.2 Å². The van der Waals surface area contributed by atoms with Crippen molar-refractivity contribution in [2.75, 3.05) is 7.11 Å². The summed E-state index contributed by atoms with van der Waals surface area (Å²) in [5.41, 5.74) is 4.67. The molecule has 0 spiro atoms. The third-order valence-electron chi connectivity index (χ3n) is 5.22.